The van der Waals surface area contributed by atoms with Gasteiger partial charge in [-0.15, -0.1) is 0 Å². The first kappa shape index (κ1) is 17.5. The second-order valence-electron chi connectivity index (χ2n) is 4.94. The minimum Gasteiger partial charge on any atom is -0.207 e. The lowest BCUT2D eigenvalue weighted by atomic mass is 9.79. The minimum absolute atomic E-state index is 0.206. The molecule has 0 heterocycles. The van der Waals surface area contributed by atoms with Gasteiger partial charge in [0.15, 0.2) is 0 Å². The van der Waals surface area contributed by atoms with Crippen molar-refractivity contribution in [3.05, 3.63) is 68.9 Å². The zero-order valence-electron chi connectivity index (χ0n) is 11.1. The Morgan fingerprint density at radius 3 is 2.29 bits per heavy atom. The van der Waals surface area contributed by atoms with Crippen LogP contribution in [0.4, 0.5) is 4.39 Å². The van der Waals surface area contributed by atoms with Crippen LogP contribution in [-0.2, 0) is 11.8 Å². The molecule has 0 fully saturated rings. The molecule has 0 nitrogen and oxygen atoms in total. The highest BCUT2D eigenvalue weighted by molar-refractivity contribution is 9.10. The van der Waals surface area contributed by atoms with Crippen LogP contribution in [0.25, 0.3) is 0 Å². The van der Waals surface area contributed by atoms with E-state index in [1.54, 1.807) is 0 Å². The first-order chi connectivity index (χ1) is 10.0. The Bertz CT molecular complexity index is 627. The predicted molar refractivity (Wildman–Crippen MR) is 98.5 cm³/mol. The number of benzene rings is 2. The molecule has 2 aromatic rings. The van der Waals surface area contributed by atoms with Gasteiger partial charge in [-0.3, -0.25) is 0 Å². The summed E-state index contributed by atoms with van der Waals surface area (Å²) in [4.78, 5) is 0. The molecule has 0 atom stereocenters. The molecule has 5 heteroatoms. The molecule has 0 spiro atoms. The largest absolute Gasteiger partial charge is 0.207 e. The topological polar surface area (TPSA) is 0 Å². The fourth-order valence-corrected chi connectivity index (χ4v) is 4.89. The van der Waals surface area contributed by atoms with Gasteiger partial charge >= 0.3 is 0 Å². The van der Waals surface area contributed by atoms with Crippen molar-refractivity contribution in [1.82, 2.24) is 0 Å². The standard InChI is InChI=1S/C16H13Br3ClF/c17-9-16(10-18,13-3-1-2-4-14(13)20)8-11-5-6-12(19)7-15(11)21/h1-7H,8-10H2. The van der Waals surface area contributed by atoms with E-state index in [0.717, 1.165) is 10.0 Å². The first-order valence-corrected chi connectivity index (χ1v) is 9.74. The lowest BCUT2D eigenvalue weighted by Gasteiger charge is -2.32. The Hall–Kier alpha value is 0.1000. The fourth-order valence-electron chi connectivity index (χ4n) is 2.29. The summed E-state index contributed by atoms with van der Waals surface area (Å²) < 4.78 is 14.9. The third kappa shape index (κ3) is 3.90. The van der Waals surface area contributed by atoms with Crippen molar-refractivity contribution >= 4 is 59.4 Å². The maximum atomic E-state index is 14.2. The highest BCUT2D eigenvalue weighted by Gasteiger charge is 2.33. The SMILES string of the molecule is Fc1cc(Br)ccc1CC(CBr)(CBr)c1ccccc1Cl. The second kappa shape index (κ2) is 7.58. The van der Waals surface area contributed by atoms with Gasteiger partial charge < -0.3 is 0 Å². The smallest absolute Gasteiger partial charge is 0.127 e. The highest BCUT2D eigenvalue weighted by atomic mass is 79.9. The number of alkyl halides is 2. The Balaban J connectivity index is 2.46. The normalized spacial score (nSPS) is 11.7. The summed E-state index contributed by atoms with van der Waals surface area (Å²) in [5.41, 5.74) is 1.40. The molecule has 0 bridgehead atoms. The summed E-state index contributed by atoms with van der Waals surface area (Å²) in [6, 6.07) is 12.9. The Labute approximate surface area is 154 Å². The van der Waals surface area contributed by atoms with E-state index in [1.807, 2.05) is 36.4 Å². The van der Waals surface area contributed by atoms with E-state index in [9.17, 15) is 4.39 Å². The van der Waals surface area contributed by atoms with Gasteiger partial charge in [0.2, 0.25) is 0 Å². The summed E-state index contributed by atoms with van der Waals surface area (Å²) in [6.45, 7) is 0. The number of hydrogen-bond donors (Lipinski definition) is 0. The van der Waals surface area contributed by atoms with Crippen LogP contribution in [0.15, 0.2) is 46.9 Å². The molecule has 0 amide bonds. The van der Waals surface area contributed by atoms with Gasteiger partial charge in [-0.1, -0.05) is 83.7 Å². The molecule has 0 unspecified atom stereocenters. The summed E-state index contributed by atoms with van der Waals surface area (Å²) in [5.74, 6) is -0.206. The maximum Gasteiger partial charge on any atom is 0.127 e. The van der Waals surface area contributed by atoms with Gasteiger partial charge in [-0.2, -0.15) is 0 Å². The number of halogens is 5. The van der Waals surface area contributed by atoms with Crippen molar-refractivity contribution in [2.75, 3.05) is 10.7 Å². The van der Waals surface area contributed by atoms with Crippen molar-refractivity contribution in [3.8, 4) is 0 Å². The predicted octanol–water partition coefficient (Wildman–Crippen LogP) is 6.51. The van der Waals surface area contributed by atoms with Crippen LogP contribution in [0.5, 0.6) is 0 Å². The maximum absolute atomic E-state index is 14.2. The lowest BCUT2D eigenvalue weighted by molar-refractivity contribution is 0.522. The molecule has 0 saturated carbocycles. The van der Waals surface area contributed by atoms with E-state index in [4.69, 9.17) is 11.6 Å². The van der Waals surface area contributed by atoms with E-state index < -0.39 is 0 Å². The molecule has 112 valence electrons. The summed E-state index contributed by atoms with van der Waals surface area (Å²) in [5, 5.41) is 2.07. The van der Waals surface area contributed by atoms with Gasteiger partial charge in [0.25, 0.3) is 0 Å². The van der Waals surface area contributed by atoms with E-state index >= 15 is 0 Å². The molecular weight excluding hydrogens is 486 g/mol. The van der Waals surface area contributed by atoms with E-state index in [1.165, 1.54) is 6.07 Å². The zero-order chi connectivity index (χ0) is 15.5. The van der Waals surface area contributed by atoms with Gasteiger partial charge in [-0.05, 0) is 35.7 Å². The van der Waals surface area contributed by atoms with Gasteiger partial charge in [0.05, 0.1) is 0 Å². The molecule has 0 aromatic heterocycles. The molecule has 0 aliphatic heterocycles. The van der Waals surface area contributed by atoms with Gasteiger partial charge in [-0.25, -0.2) is 4.39 Å². The summed E-state index contributed by atoms with van der Waals surface area (Å²) in [6.07, 6.45) is 0.562. The van der Waals surface area contributed by atoms with Crippen molar-refractivity contribution in [1.29, 1.82) is 0 Å². The summed E-state index contributed by atoms with van der Waals surface area (Å²) in [7, 11) is 0. The van der Waals surface area contributed by atoms with Crippen molar-refractivity contribution in [2.24, 2.45) is 0 Å². The Kier molecular flexibility index (Phi) is 6.30. The molecule has 2 rings (SSSR count). The molecule has 0 aliphatic rings. The third-order valence-corrected chi connectivity index (χ3v) is 6.47. The van der Waals surface area contributed by atoms with Crippen LogP contribution in [0.3, 0.4) is 0 Å². The van der Waals surface area contributed by atoms with Gasteiger partial charge in [0.1, 0.15) is 5.82 Å². The lowest BCUT2D eigenvalue weighted by Crippen LogP contribution is -2.33. The second-order valence-corrected chi connectivity index (χ2v) is 7.38. The van der Waals surface area contributed by atoms with Crippen LogP contribution >= 0.6 is 59.4 Å². The third-order valence-electron chi connectivity index (χ3n) is 3.50. The Morgan fingerprint density at radius 1 is 1.05 bits per heavy atom. The van der Waals surface area contributed by atoms with Gasteiger partial charge in [0, 0.05) is 25.6 Å². The molecule has 0 radical (unpaired) electrons. The van der Waals surface area contributed by atoms with E-state index in [2.05, 4.69) is 47.8 Å². The number of rotatable bonds is 5. The average molecular weight is 499 g/mol. The molecule has 0 N–H and O–H groups in total. The van der Waals surface area contributed by atoms with Crippen LogP contribution in [0.1, 0.15) is 11.1 Å². The minimum atomic E-state index is -0.299. The molecule has 0 aliphatic carbocycles. The summed E-state index contributed by atoms with van der Waals surface area (Å²) >= 11 is 16.8. The monoisotopic (exact) mass is 496 g/mol. The van der Waals surface area contributed by atoms with E-state index in [0.29, 0.717) is 27.7 Å². The molecular formula is C16H13Br3ClF. The Morgan fingerprint density at radius 2 is 1.71 bits per heavy atom. The van der Waals surface area contributed by atoms with Crippen molar-refractivity contribution < 1.29 is 4.39 Å². The highest BCUT2D eigenvalue weighted by Crippen LogP contribution is 2.37. The quantitative estimate of drug-likeness (QED) is 0.412. The first-order valence-electron chi connectivity index (χ1n) is 6.33. The van der Waals surface area contributed by atoms with Crippen molar-refractivity contribution in [2.45, 2.75) is 11.8 Å². The average Bonchev–Trinajstić information content (AvgIpc) is 2.48. The fraction of sp³-hybridized carbons (Fsp3) is 0.250. The van der Waals surface area contributed by atoms with E-state index in [-0.39, 0.29) is 11.2 Å². The molecule has 21 heavy (non-hydrogen) atoms. The van der Waals surface area contributed by atoms with Crippen LogP contribution < -0.4 is 0 Å². The zero-order valence-corrected chi connectivity index (χ0v) is 16.6. The number of hydrogen-bond acceptors (Lipinski definition) is 0. The van der Waals surface area contributed by atoms with Crippen LogP contribution in [0, 0.1) is 5.82 Å². The van der Waals surface area contributed by atoms with Crippen LogP contribution in [0.2, 0.25) is 5.02 Å². The molecule has 2 aromatic carbocycles. The van der Waals surface area contributed by atoms with Crippen LogP contribution in [-0.4, -0.2) is 10.7 Å². The molecule has 0 saturated heterocycles. The van der Waals surface area contributed by atoms with Crippen molar-refractivity contribution in [3.63, 3.8) is 0 Å².